The van der Waals surface area contributed by atoms with Crippen molar-refractivity contribution in [1.29, 1.82) is 5.26 Å². The molecule has 7 nitrogen and oxygen atoms in total. The standard InChI is InChI=1S/C28H29N3O4/c1-2-16-31(23-14-17-30(18-15-23)27(32)21-8-4-3-5-9-21)28(33)26-13-12-24(35-26)20-34-25-11-7-6-10-22(25)19-29/h3-13,23H,2,14-18,20H2,1H3. The van der Waals surface area contributed by atoms with Crippen molar-refractivity contribution in [3.05, 3.63) is 89.4 Å². The van der Waals surface area contributed by atoms with E-state index in [1.165, 1.54) is 0 Å². The molecule has 0 aliphatic carbocycles. The Hall–Kier alpha value is -4.05. The third kappa shape index (κ3) is 5.72. The second kappa shape index (κ2) is 11.4. The molecule has 1 aromatic heterocycles. The largest absolute Gasteiger partial charge is 0.484 e. The Kier molecular flexibility index (Phi) is 7.84. The second-order valence-electron chi connectivity index (χ2n) is 8.55. The molecule has 1 fully saturated rings. The zero-order valence-electron chi connectivity index (χ0n) is 19.9. The zero-order chi connectivity index (χ0) is 24.6. The van der Waals surface area contributed by atoms with Crippen molar-refractivity contribution in [3.63, 3.8) is 0 Å². The van der Waals surface area contributed by atoms with Crippen molar-refractivity contribution >= 4 is 11.8 Å². The average molecular weight is 472 g/mol. The number of likely N-dealkylation sites (tertiary alicyclic amines) is 1. The van der Waals surface area contributed by atoms with E-state index in [0.29, 0.717) is 42.3 Å². The average Bonchev–Trinajstić information content (AvgIpc) is 3.40. The van der Waals surface area contributed by atoms with Gasteiger partial charge < -0.3 is 19.0 Å². The first-order chi connectivity index (χ1) is 17.1. The molecule has 0 bridgehead atoms. The Morgan fingerprint density at radius 2 is 1.77 bits per heavy atom. The predicted octanol–water partition coefficient (Wildman–Crippen LogP) is 4.89. The number of hydrogen-bond acceptors (Lipinski definition) is 5. The Bertz CT molecular complexity index is 1190. The van der Waals surface area contributed by atoms with E-state index < -0.39 is 0 Å². The molecule has 4 rings (SSSR count). The first-order valence-electron chi connectivity index (χ1n) is 12.0. The van der Waals surface area contributed by atoms with Crippen molar-refractivity contribution in [1.82, 2.24) is 9.80 Å². The number of carbonyl (C=O) groups is 2. The predicted molar refractivity (Wildman–Crippen MR) is 131 cm³/mol. The van der Waals surface area contributed by atoms with Gasteiger partial charge in [-0.3, -0.25) is 9.59 Å². The molecule has 0 saturated carbocycles. The highest BCUT2D eigenvalue weighted by Crippen LogP contribution is 2.23. The molecule has 180 valence electrons. The summed E-state index contributed by atoms with van der Waals surface area (Å²) in [4.78, 5) is 29.8. The van der Waals surface area contributed by atoms with E-state index >= 15 is 0 Å². The highest BCUT2D eigenvalue weighted by Gasteiger charge is 2.31. The number of benzene rings is 2. The fourth-order valence-corrected chi connectivity index (χ4v) is 4.38. The molecule has 0 spiro atoms. The zero-order valence-corrected chi connectivity index (χ0v) is 19.9. The number of nitrogens with zero attached hydrogens (tertiary/aromatic N) is 3. The van der Waals surface area contributed by atoms with Crippen LogP contribution in [0.3, 0.4) is 0 Å². The number of nitriles is 1. The molecule has 2 aromatic carbocycles. The van der Waals surface area contributed by atoms with Crippen LogP contribution in [0.2, 0.25) is 0 Å². The summed E-state index contributed by atoms with van der Waals surface area (Å²) in [6, 6.07) is 21.8. The van der Waals surface area contributed by atoms with Crippen molar-refractivity contribution in [3.8, 4) is 11.8 Å². The van der Waals surface area contributed by atoms with Crippen LogP contribution in [0, 0.1) is 11.3 Å². The monoisotopic (exact) mass is 471 g/mol. The minimum absolute atomic E-state index is 0.0334. The molecular weight excluding hydrogens is 442 g/mol. The fraction of sp³-hybridized carbons (Fsp3) is 0.321. The summed E-state index contributed by atoms with van der Waals surface area (Å²) < 4.78 is 11.5. The van der Waals surface area contributed by atoms with Crippen molar-refractivity contribution < 1.29 is 18.7 Å². The highest BCUT2D eigenvalue weighted by atomic mass is 16.5. The van der Waals surface area contributed by atoms with Gasteiger partial charge in [0.05, 0.1) is 5.56 Å². The number of furan rings is 1. The van der Waals surface area contributed by atoms with E-state index in [9.17, 15) is 14.9 Å². The first-order valence-corrected chi connectivity index (χ1v) is 12.0. The van der Waals surface area contributed by atoms with Gasteiger partial charge in [-0.2, -0.15) is 5.26 Å². The summed E-state index contributed by atoms with van der Waals surface area (Å²) in [5, 5.41) is 9.21. The lowest BCUT2D eigenvalue weighted by Gasteiger charge is -2.38. The van der Waals surface area contributed by atoms with Gasteiger partial charge in [-0.15, -0.1) is 0 Å². The van der Waals surface area contributed by atoms with Crippen LogP contribution < -0.4 is 4.74 Å². The lowest BCUT2D eigenvalue weighted by Crippen LogP contribution is -2.49. The van der Waals surface area contributed by atoms with Crippen LogP contribution >= 0.6 is 0 Å². The quantitative estimate of drug-likeness (QED) is 0.467. The van der Waals surface area contributed by atoms with Crippen LogP contribution in [0.25, 0.3) is 0 Å². The van der Waals surface area contributed by atoms with E-state index in [0.717, 1.165) is 19.3 Å². The number of para-hydroxylation sites is 1. The number of amides is 2. The van der Waals surface area contributed by atoms with Gasteiger partial charge in [-0.1, -0.05) is 37.3 Å². The van der Waals surface area contributed by atoms with Crippen LogP contribution in [-0.4, -0.2) is 47.3 Å². The van der Waals surface area contributed by atoms with Crippen molar-refractivity contribution in [2.75, 3.05) is 19.6 Å². The topological polar surface area (TPSA) is 86.8 Å². The Labute approximate surface area is 205 Å². The fourth-order valence-electron chi connectivity index (χ4n) is 4.38. The lowest BCUT2D eigenvalue weighted by atomic mass is 10.0. The van der Waals surface area contributed by atoms with Crippen LogP contribution in [0.4, 0.5) is 0 Å². The van der Waals surface area contributed by atoms with Gasteiger partial charge in [0.15, 0.2) is 5.76 Å². The van der Waals surface area contributed by atoms with Gasteiger partial charge in [0.2, 0.25) is 0 Å². The van der Waals surface area contributed by atoms with Gasteiger partial charge in [-0.25, -0.2) is 0 Å². The summed E-state index contributed by atoms with van der Waals surface area (Å²) in [5.41, 5.74) is 1.14. The molecule has 0 atom stereocenters. The first kappa shape index (κ1) is 24.1. The third-order valence-electron chi connectivity index (χ3n) is 6.19. The minimum atomic E-state index is -0.150. The van der Waals surface area contributed by atoms with E-state index in [-0.39, 0.29) is 30.2 Å². The van der Waals surface area contributed by atoms with Crippen molar-refractivity contribution in [2.45, 2.75) is 38.8 Å². The molecule has 7 heteroatoms. The molecule has 2 heterocycles. The molecule has 35 heavy (non-hydrogen) atoms. The summed E-state index contributed by atoms with van der Waals surface area (Å²) in [6.07, 6.45) is 2.29. The smallest absolute Gasteiger partial charge is 0.289 e. The number of carbonyl (C=O) groups excluding carboxylic acids is 2. The van der Waals surface area contributed by atoms with Gasteiger partial charge >= 0.3 is 0 Å². The van der Waals surface area contributed by atoms with E-state index in [2.05, 4.69) is 6.07 Å². The van der Waals surface area contributed by atoms with Gasteiger partial charge in [-0.05, 0) is 55.7 Å². The SMILES string of the molecule is CCCN(C(=O)c1ccc(COc2ccccc2C#N)o1)C1CCN(C(=O)c2ccccc2)CC1. The number of rotatable bonds is 8. The number of ether oxygens (including phenoxy) is 1. The maximum absolute atomic E-state index is 13.3. The second-order valence-corrected chi connectivity index (χ2v) is 8.55. The highest BCUT2D eigenvalue weighted by molar-refractivity contribution is 5.94. The summed E-state index contributed by atoms with van der Waals surface area (Å²) >= 11 is 0. The molecule has 0 radical (unpaired) electrons. The van der Waals surface area contributed by atoms with Gasteiger partial charge in [0.25, 0.3) is 11.8 Å². The van der Waals surface area contributed by atoms with Gasteiger partial charge in [0.1, 0.15) is 24.2 Å². The maximum atomic E-state index is 13.3. The summed E-state index contributed by atoms with van der Waals surface area (Å²) in [6.45, 7) is 4.02. The maximum Gasteiger partial charge on any atom is 0.289 e. The molecule has 0 N–H and O–H groups in total. The Balaban J connectivity index is 1.37. The summed E-state index contributed by atoms with van der Waals surface area (Å²) in [5.74, 6) is 1.15. The van der Waals surface area contributed by atoms with Crippen LogP contribution in [0.1, 0.15) is 58.4 Å². The number of piperidine rings is 1. The molecule has 3 aromatic rings. The lowest BCUT2D eigenvalue weighted by molar-refractivity contribution is 0.0495. The van der Waals surface area contributed by atoms with Crippen LogP contribution in [-0.2, 0) is 6.61 Å². The molecule has 1 saturated heterocycles. The van der Waals surface area contributed by atoms with Gasteiger partial charge in [0, 0.05) is 31.2 Å². The molecular formula is C28H29N3O4. The minimum Gasteiger partial charge on any atom is -0.484 e. The van der Waals surface area contributed by atoms with Crippen LogP contribution in [0.5, 0.6) is 5.75 Å². The molecule has 1 aliphatic rings. The Morgan fingerprint density at radius 3 is 2.49 bits per heavy atom. The molecule has 1 aliphatic heterocycles. The third-order valence-corrected chi connectivity index (χ3v) is 6.19. The van der Waals surface area contributed by atoms with E-state index in [4.69, 9.17) is 9.15 Å². The Morgan fingerprint density at radius 1 is 1.06 bits per heavy atom. The number of hydrogen-bond donors (Lipinski definition) is 0. The summed E-state index contributed by atoms with van der Waals surface area (Å²) in [7, 11) is 0. The normalized spacial score (nSPS) is 13.8. The van der Waals surface area contributed by atoms with E-state index in [1.807, 2.05) is 47.1 Å². The molecule has 2 amide bonds. The van der Waals surface area contributed by atoms with Crippen molar-refractivity contribution in [2.24, 2.45) is 0 Å². The van der Waals surface area contributed by atoms with Crippen LogP contribution in [0.15, 0.2) is 71.1 Å². The van der Waals surface area contributed by atoms with E-state index in [1.54, 1.807) is 36.4 Å². The molecule has 0 unspecified atom stereocenters.